The molecule has 1 saturated carbocycles. The highest BCUT2D eigenvalue weighted by Crippen LogP contribution is 2.33. The van der Waals surface area contributed by atoms with E-state index in [1.165, 1.54) is 42.7 Å². The quantitative estimate of drug-likeness (QED) is 0.506. The number of nitrogens with one attached hydrogen (secondary N) is 1. The number of benzene rings is 2. The normalized spacial score (nSPS) is 17.1. The summed E-state index contributed by atoms with van der Waals surface area (Å²) in [5, 5.41) is 29.2. The molecule has 3 N–H and O–H groups in total. The summed E-state index contributed by atoms with van der Waals surface area (Å²) < 4.78 is 7.24. The molecule has 1 aliphatic heterocycles. The van der Waals surface area contributed by atoms with Gasteiger partial charge in [-0.25, -0.2) is 4.68 Å². The maximum absolute atomic E-state index is 11.8. The van der Waals surface area contributed by atoms with E-state index in [-0.39, 0.29) is 30.1 Å². The van der Waals surface area contributed by atoms with E-state index in [9.17, 15) is 15.0 Å². The Morgan fingerprint density at radius 1 is 1.12 bits per heavy atom. The summed E-state index contributed by atoms with van der Waals surface area (Å²) in [5.41, 5.74) is 2.76. The van der Waals surface area contributed by atoms with Crippen LogP contribution in [-0.4, -0.2) is 39.7 Å². The molecule has 0 spiro atoms. The van der Waals surface area contributed by atoms with Crippen LogP contribution < -0.4 is 14.9 Å². The van der Waals surface area contributed by atoms with E-state index in [2.05, 4.69) is 10.4 Å². The smallest absolute Gasteiger partial charge is 0.262 e. The standard InChI is InChI=1S/C24H24N4O4S/c29-18-8-6-16(21(30)11-18)12-25-28-20(14-33-24(28)26-17-4-2-1-3-5-17)15-7-9-22-19(10-15)27-23(31)13-32-22/h6-12,14,17,29-30H,1-5,13H2,(H,27,31). The highest BCUT2D eigenvalue weighted by atomic mass is 32.1. The minimum atomic E-state index is -0.188. The molecule has 0 saturated heterocycles. The van der Waals surface area contributed by atoms with E-state index in [4.69, 9.17) is 9.73 Å². The Morgan fingerprint density at radius 2 is 1.97 bits per heavy atom. The van der Waals surface area contributed by atoms with Crippen molar-refractivity contribution < 1.29 is 19.7 Å². The number of phenolic OH excluding ortho intramolecular Hbond substituents is 2. The largest absolute Gasteiger partial charge is 0.508 e. The summed E-state index contributed by atoms with van der Waals surface area (Å²) in [4.78, 5) is 17.5. The molecule has 1 amide bonds. The van der Waals surface area contributed by atoms with Crippen molar-refractivity contribution in [1.82, 2.24) is 4.68 Å². The van der Waals surface area contributed by atoms with Crippen LogP contribution >= 0.6 is 11.3 Å². The van der Waals surface area contributed by atoms with Crippen LogP contribution in [0.15, 0.2) is 51.9 Å². The highest BCUT2D eigenvalue weighted by molar-refractivity contribution is 7.07. The van der Waals surface area contributed by atoms with Gasteiger partial charge in [0.1, 0.15) is 17.2 Å². The van der Waals surface area contributed by atoms with Crippen molar-refractivity contribution in [3.63, 3.8) is 0 Å². The number of aromatic hydroxyl groups is 2. The van der Waals surface area contributed by atoms with Gasteiger partial charge in [-0.3, -0.25) is 9.79 Å². The number of thiazole rings is 1. The van der Waals surface area contributed by atoms with Crippen LogP contribution in [0.1, 0.15) is 37.7 Å². The van der Waals surface area contributed by atoms with Gasteiger partial charge >= 0.3 is 0 Å². The van der Waals surface area contributed by atoms with Gasteiger partial charge in [0, 0.05) is 22.6 Å². The van der Waals surface area contributed by atoms with Crippen molar-refractivity contribution in [2.75, 3.05) is 11.9 Å². The van der Waals surface area contributed by atoms with Gasteiger partial charge in [-0.05, 0) is 43.2 Å². The van der Waals surface area contributed by atoms with E-state index >= 15 is 0 Å². The molecule has 1 fully saturated rings. The predicted molar refractivity (Wildman–Crippen MR) is 127 cm³/mol. The molecule has 9 heteroatoms. The zero-order valence-electron chi connectivity index (χ0n) is 17.9. The van der Waals surface area contributed by atoms with Crippen LogP contribution in [0.2, 0.25) is 0 Å². The van der Waals surface area contributed by atoms with E-state index in [0.29, 0.717) is 17.0 Å². The summed E-state index contributed by atoms with van der Waals surface area (Å²) in [6.45, 7) is 0.00955. The highest BCUT2D eigenvalue weighted by Gasteiger charge is 2.18. The van der Waals surface area contributed by atoms with Gasteiger partial charge in [-0.15, -0.1) is 11.3 Å². The van der Waals surface area contributed by atoms with Gasteiger partial charge < -0.3 is 20.3 Å². The molecule has 2 heterocycles. The third kappa shape index (κ3) is 4.63. The second kappa shape index (κ2) is 9.11. The predicted octanol–water partition coefficient (Wildman–Crippen LogP) is 4.07. The molecule has 1 aliphatic carbocycles. The zero-order valence-corrected chi connectivity index (χ0v) is 18.7. The Labute approximate surface area is 194 Å². The molecule has 33 heavy (non-hydrogen) atoms. The van der Waals surface area contributed by atoms with Crippen LogP contribution in [0.4, 0.5) is 5.69 Å². The third-order valence-corrected chi connectivity index (χ3v) is 6.62. The van der Waals surface area contributed by atoms with Crippen LogP contribution in [0.5, 0.6) is 17.2 Å². The Bertz CT molecular complexity index is 1290. The van der Waals surface area contributed by atoms with Gasteiger partial charge in [0.15, 0.2) is 6.61 Å². The molecule has 8 nitrogen and oxygen atoms in total. The van der Waals surface area contributed by atoms with E-state index < -0.39 is 0 Å². The minimum absolute atomic E-state index is 0.00955. The lowest BCUT2D eigenvalue weighted by molar-refractivity contribution is -0.118. The molecular formula is C24H24N4O4S. The molecule has 2 aliphatic rings. The molecular weight excluding hydrogens is 440 g/mol. The lowest BCUT2D eigenvalue weighted by atomic mass is 9.96. The maximum Gasteiger partial charge on any atom is 0.262 e. The SMILES string of the molecule is O=C1COc2ccc(-c3csc(=NC4CCCCC4)n3N=Cc3ccc(O)cc3O)cc2N1. The number of fused-ring (bicyclic) bond motifs is 1. The molecule has 0 atom stereocenters. The van der Waals surface area contributed by atoms with Crippen molar-refractivity contribution >= 4 is 29.1 Å². The Kier molecular flexibility index (Phi) is 5.87. The van der Waals surface area contributed by atoms with Crippen molar-refractivity contribution in [3.8, 4) is 28.5 Å². The third-order valence-electron chi connectivity index (χ3n) is 5.79. The molecule has 170 valence electrons. The summed E-state index contributed by atoms with van der Waals surface area (Å²) in [7, 11) is 0. The summed E-state index contributed by atoms with van der Waals surface area (Å²) >= 11 is 1.51. The van der Waals surface area contributed by atoms with E-state index in [0.717, 1.165) is 28.9 Å². The van der Waals surface area contributed by atoms with Crippen LogP contribution in [0, 0.1) is 0 Å². The number of phenols is 2. The first-order valence-corrected chi connectivity index (χ1v) is 11.8. The number of hydrogen-bond acceptors (Lipinski definition) is 7. The first-order valence-electron chi connectivity index (χ1n) is 10.9. The topological polar surface area (TPSA) is 108 Å². The zero-order chi connectivity index (χ0) is 22.8. The summed E-state index contributed by atoms with van der Waals surface area (Å²) in [6.07, 6.45) is 7.30. The van der Waals surface area contributed by atoms with Crippen molar-refractivity contribution in [2.24, 2.45) is 10.1 Å². The Morgan fingerprint density at radius 3 is 2.79 bits per heavy atom. The second-order valence-corrected chi connectivity index (χ2v) is 9.01. The van der Waals surface area contributed by atoms with Gasteiger partial charge in [0.05, 0.1) is 23.6 Å². The van der Waals surface area contributed by atoms with E-state index in [1.54, 1.807) is 17.0 Å². The number of ether oxygens (including phenoxy) is 1. The number of hydrogen-bond donors (Lipinski definition) is 3. The van der Waals surface area contributed by atoms with Crippen molar-refractivity contribution in [3.05, 3.63) is 52.1 Å². The fourth-order valence-electron chi connectivity index (χ4n) is 4.07. The van der Waals surface area contributed by atoms with Crippen LogP contribution in [-0.2, 0) is 4.79 Å². The lowest BCUT2D eigenvalue weighted by Gasteiger charge is -2.18. The number of carbonyl (C=O) groups excluding carboxylic acids is 1. The van der Waals surface area contributed by atoms with Gasteiger partial charge in [-0.1, -0.05) is 19.3 Å². The van der Waals surface area contributed by atoms with Crippen LogP contribution in [0.3, 0.4) is 0 Å². The van der Waals surface area contributed by atoms with Crippen molar-refractivity contribution in [1.29, 1.82) is 0 Å². The molecule has 1 aromatic heterocycles. The van der Waals surface area contributed by atoms with Gasteiger partial charge in [0.25, 0.3) is 5.91 Å². The average Bonchev–Trinajstić information content (AvgIpc) is 3.21. The fourth-order valence-corrected chi connectivity index (χ4v) is 4.98. The number of carbonyl (C=O) groups is 1. The average molecular weight is 465 g/mol. The molecule has 0 bridgehead atoms. The molecule has 3 aromatic rings. The van der Waals surface area contributed by atoms with Gasteiger partial charge in [0.2, 0.25) is 4.80 Å². The first-order chi connectivity index (χ1) is 16.1. The second-order valence-electron chi connectivity index (χ2n) is 8.17. The maximum atomic E-state index is 11.8. The lowest BCUT2D eigenvalue weighted by Crippen LogP contribution is -2.25. The molecule has 2 aromatic carbocycles. The Balaban J connectivity index is 1.58. The minimum Gasteiger partial charge on any atom is -0.508 e. The number of rotatable bonds is 4. The summed E-state index contributed by atoms with van der Waals surface area (Å²) in [5.74, 6) is 0.367. The van der Waals surface area contributed by atoms with Crippen molar-refractivity contribution in [2.45, 2.75) is 38.1 Å². The van der Waals surface area contributed by atoms with E-state index in [1.807, 2.05) is 23.6 Å². The first kappa shape index (κ1) is 21.3. The molecule has 5 rings (SSSR count). The fraction of sp³-hybridized carbons (Fsp3) is 0.292. The summed E-state index contributed by atoms with van der Waals surface area (Å²) in [6, 6.07) is 10.3. The molecule has 0 radical (unpaired) electrons. The number of anilines is 1. The van der Waals surface area contributed by atoms with Gasteiger partial charge in [-0.2, -0.15) is 5.10 Å². The molecule has 0 unspecified atom stereocenters. The number of amides is 1. The number of aromatic nitrogens is 1. The van der Waals surface area contributed by atoms with Crippen LogP contribution in [0.25, 0.3) is 11.3 Å². The monoisotopic (exact) mass is 464 g/mol. The Hall–Kier alpha value is -3.59. The number of nitrogens with zero attached hydrogens (tertiary/aromatic N) is 3.